The fourth-order valence-corrected chi connectivity index (χ4v) is 2.78. The Balaban J connectivity index is 2.58. The number of aryl methyl sites for hydroxylation is 2. The second-order valence-electron chi connectivity index (χ2n) is 3.44. The van der Waals surface area contributed by atoms with Crippen molar-refractivity contribution in [2.75, 3.05) is 0 Å². The Bertz CT molecular complexity index is 621. The van der Waals surface area contributed by atoms with Crippen molar-refractivity contribution >= 4 is 26.5 Å². The summed E-state index contributed by atoms with van der Waals surface area (Å²) < 4.78 is 3.37. The zero-order valence-electron chi connectivity index (χ0n) is 7.98. The number of nitrogens with zero attached hydrogens (tertiary/aromatic N) is 3. The summed E-state index contributed by atoms with van der Waals surface area (Å²) in [6.07, 6.45) is 0. The van der Waals surface area contributed by atoms with E-state index >= 15 is 0 Å². The second kappa shape index (κ2) is 2.54. The molecule has 0 saturated carbocycles. The zero-order valence-corrected chi connectivity index (χ0v) is 8.80. The van der Waals surface area contributed by atoms with Crippen molar-refractivity contribution in [3.8, 4) is 0 Å². The average molecular weight is 203 g/mol. The van der Waals surface area contributed by atoms with Gasteiger partial charge in [0.15, 0.2) is 0 Å². The lowest BCUT2D eigenvalue weighted by Gasteiger charge is -1.93. The molecule has 0 fully saturated rings. The molecule has 3 nitrogen and oxygen atoms in total. The van der Waals surface area contributed by atoms with Gasteiger partial charge in [0.1, 0.15) is 5.82 Å². The van der Waals surface area contributed by atoms with Gasteiger partial charge in [-0.2, -0.15) is 0 Å². The van der Waals surface area contributed by atoms with Gasteiger partial charge in [-0.25, -0.2) is 0 Å². The molecule has 0 unspecified atom stereocenters. The first-order chi connectivity index (χ1) is 6.75. The van der Waals surface area contributed by atoms with E-state index in [1.54, 1.807) is 11.3 Å². The minimum absolute atomic E-state index is 0.954. The third-order valence-corrected chi connectivity index (χ3v) is 3.35. The van der Waals surface area contributed by atoms with Gasteiger partial charge in [0.25, 0.3) is 0 Å². The van der Waals surface area contributed by atoms with Gasteiger partial charge < -0.3 is 0 Å². The molecule has 0 N–H and O–H groups in total. The van der Waals surface area contributed by atoms with Gasteiger partial charge in [-0.15, -0.1) is 10.2 Å². The van der Waals surface area contributed by atoms with Crippen LogP contribution in [0.3, 0.4) is 0 Å². The largest absolute Gasteiger partial charge is 0.270 e. The molecular formula is C10H9N3S. The normalized spacial score (nSPS) is 11.6. The molecule has 2 aromatic heterocycles. The summed E-state index contributed by atoms with van der Waals surface area (Å²) in [6, 6.07) is 6.44. The zero-order chi connectivity index (χ0) is 9.71. The van der Waals surface area contributed by atoms with E-state index in [9.17, 15) is 0 Å². The maximum absolute atomic E-state index is 4.12. The molecule has 0 bridgehead atoms. The van der Waals surface area contributed by atoms with E-state index in [0.717, 1.165) is 10.8 Å². The van der Waals surface area contributed by atoms with E-state index in [0.29, 0.717) is 0 Å². The first-order valence-electron chi connectivity index (χ1n) is 4.46. The average Bonchev–Trinajstić information content (AvgIpc) is 2.66. The molecule has 14 heavy (non-hydrogen) atoms. The van der Waals surface area contributed by atoms with Crippen molar-refractivity contribution in [2.45, 2.75) is 13.8 Å². The Morgan fingerprint density at radius 3 is 2.93 bits per heavy atom. The molecular weight excluding hydrogens is 194 g/mol. The van der Waals surface area contributed by atoms with E-state index in [1.807, 2.05) is 6.92 Å². The SMILES string of the molecule is Cc1ccc2c(c1)sc1nnc(C)n12. The van der Waals surface area contributed by atoms with Crippen molar-refractivity contribution < 1.29 is 0 Å². The summed E-state index contributed by atoms with van der Waals surface area (Å²) in [5.41, 5.74) is 2.49. The number of aromatic nitrogens is 3. The predicted octanol–water partition coefficient (Wildman–Crippen LogP) is 2.56. The van der Waals surface area contributed by atoms with Crippen LogP contribution in [0.15, 0.2) is 18.2 Å². The lowest BCUT2D eigenvalue weighted by atomic mass is 10.2. The molecule has 0 spiro atoms. The van der Waals surface area contributed by atoms with E-state index < -0.39 is 0 Å². The molecule has 0 saturated heterocycles. The molecule has 0 aliphatic heterocycles. The highest BCUT2D eigenvalue weighted by atomic mass is 32.1. The first kappa shape index (κ1) is 7.94. The number of fused-ring (bicyclic) bond motifs is 3. The second-order valence-corrected chi connectivity index (χ2v) is 4.45. The fourth-order valence-electron chi connectivity index (χ4n) is 1.67. The number of thiazole rings is 1. The van der Waals surface area contributed by atoms with E-state index in [1.165, 1.54) is 15.8 Å². The molecule has 3 rings (SSSR count). The fraction of sp³-hybridized carbons (Fsp3) is 0.200. The summed E-state index contributed by atoms with van der Waals surface area (Å²) in [6.45, 7) is 4.08. The molecule has 2 heterocycles. The van der Waals surface area contributed by atoms with Crippen LogP contribution in [0.25, 0.3) is 15.2 Å². The molecule has 1 aromatic carbocycles. The van der Waals surface area contributed by atoms with Crippen molar-refractivity contribution in [3.63, 3.8) is 0 Å². The van der Waals surface area contributed by atoms with Gasteiger partial charge in [0, 0.05) is 0 Å². The molecule has 4 heteroatoms. The number of hydrogen-bond donors (Lipinski definition) is 0. The van der Waals surface area contributed by atoms with Crippen molar-refractivity contribution in [1.29, 1.82) is 0 Å². The van der Waals surface area contributed by atoms with Gasteiger partial charge in [0.05, 0.1) is 10.2 Å². The van der Waals surface area contributed by atoms with Gasteiger partial charge >= 0.3 is 0 Å². The topological polar surface area (TPSA) is 30.2 Å². The molecule has 0 aliphatic carbocycles. The third kappa shape index (κ3) is 0.915. The van der Waals surface area contributed by atoms with E-state index in [-0.39, 0.29) is 0 Å². The maximum Gasteiger partial charge on any atom is 0.217 e. The summed E-state index contributed by atoms with van der Waals surface area (Å²) in [7, 11) is 0. The first-order valence-corrected chi connectivity index (χ1v) is 5.28. The van der Waals surface area contributed by atoms with Crippen LogP contribution in [0.5, 0.6) is 0 Å². The minimum Gasteiger partial charge on any atom is -0.270 e. The van der Waals surface area contributed by atoms with Crippen molar-refractivity contribution in [3.05, 3.63) is 29.6 Å². The monoisotopic (exact) mass is 203 g/mol. The molecule has 0 radical (unpaired) electrons. The molecule has 0 aliphatic rings. The van der Waals surface area contributed by atoms with Crippen LogP contribution in [0.1, 0.15) is 11.4 Å². The third-order valence-electron chi connectivity index (χ3n) is 2.35. The Labute approximate surface area is 85.0 Å². The Kier molecular flexibility index (Phi) is 1.44. The van der Waals surface area contributed by atoms with Crippen molar-refractivity contribution in [2.24, 2.45) is 0 Å². The summed E-state index contributed by atoms with van der Waals surface area (Å²) in [4.78, 5) is 0.975. The Morgan fingerprint density at radius 1 is 1.21 bits per heavy atom. The van der Waals surface area contributed by atoms with Gasteiger partial charge in [-0.3, -0.25) is 4.40 Å². The van der Waals surface area contributed by atoms with Crippen LogP contribution in [-0.2, 0) is 0 Å². The lowest BCUT2D eigenvalue weighted by molar-refractivity contribution is 1.02. The van der Waals surface area contributed by atoms with Crippen LogP contribution < -0.4 is 0 Å². The standard InChI is InChI=1S/C10H9N3S/c1-6-3-4-8-9(5-6)14-10-12-11-7(2)13(8)10/h3-5H,1-2H3. The van der Waals surface area contributed by atoms with Gasteiger partial charge in [-0.1, -0.05) is 17.4 Å². The summed E-state index contributed by atoms with van der Waals surface area (Å²) >= 11 is 1.69. The van der Waals surface area contributed by atoms with E-state index in [2.05, 4.69) is 39.7 Å². The Morgan fingerprint density at radius 2 is 2.07 bits per heavy atom. The number of benzene rings is 1. The van der Waals surface area contributed by atoms with Crippen molar-refractivity contribution in [1.82, 2.24) is 14.6 Å². The van der Waals surface area contributed by atoms with Crippen LogP contribution in [-0.4, -0.2) is 14.6 Å². The van der Waals surface area contributed by atoms with Crippen LogP contribution in [0.2, 0.25) is 0 Å². The Hall–Kier alpha value is -1.42. The highest BCUT2D eigenvalue weighted by Crippen LogP contribution is 2.26. The molecule has 0 amide bonds. The van der Waals surface area contributed by atoms with Crippen LogP contribution >= 0.6 is 11.3 Å². The summed E-state index contributed by atoms with van der Waals surface area (Å²) in [5, 5.41) is 8.17. The van der Waals surface area contributed by atoms with Gasteiger partial charge in [-0.05, 0) is 31.5 Å². The predicted molar refractivity (Wildman–Crippen MR) is 57.8 cm³/mol. The van der Waals surface area contributed by atoms with E-state index in [4.69, 9.17) is 0 Å². The van der Waals surface area contributed by atoms with Crippen LogP contribution in [0.4, 0.5) is 0 Å². The molecule has 3 aromatic rings. The van der Waals surface area contributed by atoms with Gasteiger partial charge in [0.2, 0.25) is 4.96 Å². The molecule has 0 atom stereocenters. The molecule has 70 valence electrons. The highest BCUT2D eigenvalue weighted by molar-refractivity contribution is 7.23. The number of rotatable bonds is 0. The summed E-state index contributed by atoms with van der Waals surface area (Å²) in [5.74, 6) is 0.954. The highest BCUT2D eigenvalue weighted by Gasteiger charge is 2.08. The minimum atomic E-state index is 0.954. The lowest BCUT2D eigenvalue weighted by Crippen LogP contribution is -1.84. The maximum atomic E-state index is 4.12. The van der Waals surface area contributed by atoms with Crippen LogP contribution in [0, 0.1) is 13.8 Å². The quantitative estimate of drug-likeness (QED) is 0.562. The smallest absolute Gasteiger partial charge is 0.217 e. The number of hydrogen-bond acceptors (Lipinski definition) is 3.